The fraction of sp³-hybridized carbons (Fsp3) is 0.484. The van der Waals surface area contributed by atoms with Crippen molar-refractivity contribution in [2.75, 3.05) is 38.1 Å². The fourth-order valence-electron chi connectivity index (χ4n) is 6.32. The summed E-state index contributed by atoms with van der Waals surface area (Å²) in [5, 5.41) is 6.84. The molecule has 8 heteroatoms. The third kappa shape index (κ3) is 5.29. The van der Waals surface area contributed by atoms with Crippen LogP contribution < -0.4 is 29.7 Å². The van der Waals surface area contributed by atoms with E-state index in [0.717, 1.165) is 48.3 Å². The molecule has 0 bridgehead atoms. The second-order valence-electron chi connectivity index (χ2n) is 11.5. The van der Waals surface area contributed by atoms with Crippen molar-refractivity contribution >= 4 is 23.1 Å². The molecule has 0 spiro atoms. The molecule has 0 aromatic heterocycles. The normalized spacial score (nSPS) is 20.5. The predicted molar refractivity (Wildman–Crippen MR) is 152 cm³/mol. The van der Waals surface area contributed by atoms with Crippen LogP contribution in [0.25, 0.3) is 0 Å². The molecule has 2 aliphatic carbocycles. The molecule has 2 N–H and O–H groups in total. The van der Waals surface area contributed by atoms with Crippen LogP contribution in [0.5, 0.6) is 17.2 Å². The van der Waals surface area contributed by atoms with Crippen molar-refractivity contribution in [1.82, 2.24) is 5.32 Å². The zero-order valence-corrected chi connectivity index (χ0v) is 23.6. The molecular weight excluding hydrogens is 494 g/mol. The molecule has 3 aliphatic rings. The molecule has 1 saturated carbocycles. The van der Waals surface area contributed by atoms with Crippen molar-refractivity contribution in [3.05, 3.63) is 53.2 Å². The van der Waals surface area contributed by atoms with Gasteiger partial charge in [-0.3, -0.25) is 9.59 Å². The molecule has 5 rings (SSSR count). The summed E-state index contributed by atoms with van der Waals surface area (Å²) in [6, 6.07) is 11.2. The molecule has 8 nitrogen and oxygen atoms in total. The number of hydrogen-bond acceptors (Lipinski definition) is 7. The minimum absolute atomic E-state index is 0.0598. The van der Waals surface area contributed by atoms with E-state index in [-0.39, 0.29) is 29.7 Å². The number of rotatable bonds is 7. The van der Waals surface area contributed by atoms with Gasteiger partial charge in [0.2, 0.25) is 5.91 Å². The van der Waals surface area contributed by atoms with E-state index in [9.17, 15) is 9.59 Å². The number of nitrogens with one attached hydrogen (secondary N) is 2. The van der Waals surface area contributed by atoms with Crippen molar-refractivity contribution in [2.24, 2.45) is 5.41 Å². The number of nitrogens with zero attached hydrogens (tertiary/aromatic N) is 1. The Balaban J connectivity index is 1.71. The van der Waals surface area contributed by atoms with Gasteiger partial charge in [-0.2, -0.15) is 0 Å². The maximum absolute atomic E-state index is 14.0. The third-order valence-electron chi connectivity index (χ3n) is 8.07. The number of anilines is 2. The van der Waals surface area contributed by atoms with Crippen LogP contribution >= 0.6 is 0 Å². The van der Waals surface area contributed by atoms with E-state index in [0.29, 0.717) is 35.7 Å². The van der Waals surface area contributed by atoms with Gasteiger partial charge in [0.15, 0.2) is 17.3 Å². The topological polar surface area (TPSA) is 89.1 Å². The highest BCUT2D eigenvalue weighted by atomic mass is 16.5. The number of methoxy groups -OCH3 is 3. The molecule has 2 aromatic carbocycles. The Morgan fingerprint density at radius 1 is 1.00 bits per heavy atom. The van der Waals surface area contributed by atoms with Crippen molar-refractivity contribution in [3.63, 3.8) is 0 Å². The highest BCUT2D eigenvalue weighted by molar-refractivity contribution is 6.02. The molecule has 1 heterocycles. The van der Waals surface area contributed by atoms with Crippen molar-refractivity contribution in [3.8, 4) is 17.2 Å². The van der Waals surface area contributed by atoms with Crippen LogP contribution in [0.3, 0.4) is 0 Å². The lowest BCUT2D eigenvalue weighted by molar-refractivity contribution is -0.121. The average molecular weight is 534 g/mol. The summed E-state index contributed by atoms with van der Waals surface area (Å²) in [7, 11) is 4.77. The molecule has 1 amide bonds. The van der Waals surface area contributed by atoms with Gasteiger partial charge in [0.25, 0.3) is 0 Å². The molecule has 1 fully saturated rings. The number of hydrogen-bond donors (Lipinski definition) is 2. The zero-order valence-electron chi connectivity index (χ0n) is 23.6. The summed E-state index contributed by atoms with van der Waals surface area (Å²) in [6.45, 7) is 4.32. The highest BCUT2D eigenvalue weighted by Gasteiger charge is 2.43. The summed E-state index contributed by atoms with van der Waals surface area (Å²) < 4.78 is 17.1. The number of Topliss-reactive ketones (excluding diaryl/α,β-unsaturated/α-hetero) is 1. The first-order chi connectivity index (χ1) is 18.7. The number of ether oxygens (including phenoxy) is 3. The zero-order chi connectivity index (χ0) is 27.7. The Hall–Kier alpha value is -3.68. The Bertz CT molecular complexity index is 1300. The van der Waals surface area contributed by atoms with E-state index in [2.05, 4.69) is 24.5 Å². The average Bonchev–Trinajstić information content (AvgIpc) is 3.37. The summed E-state index contributed by atoms with van der Waals surface area (Å²) >= 11 is 0. The van der Waals surface area contributed by atoms with Gasteiger partial charge in [0, 0.05) is 35.4 Å². The van der Waals surface area contributed by atoms with Crippen LogP contribution in [-0.4, -0.2) is 45.6 Å². The highest BCUT2D eigenvalue weighted by Crippen LogP contribution is 2.51. The molecule has 208 valence electrons. The van der Waals surface area contributed by atoms with Gasteiger partial charge in [-0.25, -0.2) is 0 Å². The first-order valence-electron chi connectivity index (χ1n) is 13.7. The lowest BCUT2D eigenvalue weighted by Crippen LogP contribution is -2.44. The fourth-order valence-corrected chi connectivity index (χ4v) is 6.32. The predicted octanol–water partition coefficient (Wildman–Crippen LogP) is 5.39. The number of para-hydroxylation sites is 2. The summed E-state index contributed by atoms with van der Waals surface area (Å²) in [6.07, 6.45) is 5.38. The number of carbonyl (C=O) groups is 2. The molecule has 2 aromatic rings. The monoisotopic (exact) mass is 533 g/mol. The molecule has 1 atom stereocenters. The number of benzene rings is 2. The second-order valence-corrected chi connectivity index (χ2v) is 11.5. The number of fused-ring (bicyclic) bond motifs is 1. The van der Waals surface area contributed by atoms with Crippen LogP contribution in [0.1, 0.15) is 64.0 Å². The number of carbonyl (C=O) groups excluding carboxylic acids is 2. The van der Waals surface area contributed by atoms with E-state index in [1.54, 1.807) is 27.4 Å². The SMILES string of the molecule is COc1cc(OC)c(C2C3=C(CC(C)(C)CC3=O)Nc3ccccc3N2CC(=O)NC2CCCC2)cc1OC. The first kappa shape index (κ1) is 26.9. The van der Waals surface area contributed by atoms with Crippen LogP contribution in [-0.2, 0) is 9.59 Å². The quantitative estimate of drug-likeness (QED) is 0.493. The van der Waals surface area contributed by atoms with Gasteiger partial charge in [-0.1, -0.05) is 38.8 Å². The number of allylic oxidation sites excluding steroid dienone is 1. The smallest absolute Gasteiger partial charge is 0.239 e. The largest absolute Gasteiger partial charge is 0.496 e. The lowest BCUT2D eigenvalue weighted by Gasteiger charge is -2.38. The van der Waals surface area contributed by atoms with E-state index in [1.807, 2.05) is 35.2 Å². The minimum Gasteiger partial charge on any atom is -0.496 e. The second kappa shape index (κ2) is 10.8. The van der Waals surface area contributed by atoms with Crippen LogP contribution in [0, 0.1) is 5.41 Å². The first-order valence-corrected chi connectivity index (χ1v) is 13.7. The van der Waals surface area contributed by atoms with E-state index < -0.39 is 6.04 Å². The van der Waals surface area contributed by atoms with Gasteiger partial charge < -0.3 is 29.7 Å². The molecule has 1 unspecified atom stereocenters. The molecular formula is C31H39N3O5. The molecule has 0 saturated heterocycles. The summed E-state index contributed by atoms with van der Waals surface area (Å²) in [5.74, 6) is 1.61. The number of amides is 1. The van der Waals surface area contributed by atoms with E-state index in [1.165, 1.54) is 0 Å². The Morgan fingerprint density at radius 3 is 2.36 bits per heavy atom. The standard InChI is InChI=1S/C31H39N3O5/c1-31(2)16-22-29(24(35)17-31)30(20-14-26(38-4)27(39-5)15-25(20)37-3)34(23-13-9-8-12-21(23)33-22)18-28(36)32-19-10-6-7-11-19/h8-9,12-15,19,30,33H,6-7,10-11,16-18H2,1-5H3,(H,32,36). The van der Waals surface area contributed by atoms with Gasteiger partial charge in [-0.15, -0.1) is 0 Å². The van der Waals surface area contributed by atoms with Gasteiger partial charge in [-0.05, 0) is 42.9 Å². The maximum atomic E-state index is 14.0. The Morgan fingerprint density at radius 2 is 1.67 bits per heavy atom. The van der Waals surface area contributed by atoms with Gasteiger partial charge >= 0.3 is 0 Å². The van der Waals surface area contributed by atoms with Gasteiger partial charge in [0.1, 0.15) is 5.75 Å². The Labute approximate surface area is 230 Å². The summed E-state index contributed by atoms with van der Waals surface area (Å²) in [4.78, 5) is 29.6. The van der Waals surface area contributed by atoms with Crippen molar-refractivity contribution in [2.45, 2.75) is 64.5 Å². The van der Waals surface area contributed by atoms with Crippen LogP contribution in [0.4, 0.5) is 11.4 Å². The Kier molecular flexibility index (Phi) is 7.47. The maximum Gasteiger partial charge on any atom is 0.239 e. The molecule has 1 aliphatic heterocycles. The number of ketones is 1. The molecule has 0 radical (unpaired) electrons. The minimum atomic E-state index is -0.580. The summed E-state index contributed by atoms with van der Waals surface area (Å²) in [5.41, 5.74) is 3.79. The van der Waals surface area contributed by atoms with E-state index >= 15 is 0 Å². The van der Waals surface area contributed by atoms with Crippen LogP contribution in [0.15, 0.2) is 47.7 Å². The third-order valence-corrected chi connectivity index (χ3v) is 8.07. The van der Waals surface area contributed by atoms with Crippen molar-refractivity contribution in [1.29, 1.82) is 0 Å². The van der Waals surface area contributed by atoms with E-state index in [4.69, 9.17) is 14.2 Å². The van der Waals surface area contributed by atoms with Crippen LogP contribution in [0.2, 0.25) is 0 Å². The van der Waals surface area contributed by atoms with Gasteiger partial charge in [0.05, 0.1) is 45.3 Å². The molecule has 39 heavy (non-hydrogen) atoms. The van der Waals surface area contributed by atoms with Crippen molar-refractivity contribution < 1.29 is 23.8 Å². The lowest BCUT2D eigenvalue weighted by atomic mass is 9.73.